The first-order valence-corrected chi connectivity index (χ1v) is 25.3. The van der Waals surface area contributed by atoms with E-state index in [4.69, 9.17) is 19.0 Å². The SMILES string of the molecule is CCCOc1c2cccc1Cc1cc(C(=O)On3nnc4ccccc43)cc(c1O)Cc1cccc(c1OCCC)Cc1cc(NC(=O)[C@H](C)NC(=O)[C@H](C)NC(=O)[C@H](C)NC(=O)OCc3ccccc3)cc(c1O)C2. The van der Waals surface area contributed by atoms with Crippen molar-refractivity contribution in [3.8, 4) is 23.0 Å². The minimum atomic E-state index is -1.09. The Kier molecular flexibility index (Phi) is 17.1. The Labute approximate surface area is 439 Å². The first-order valence-electron chi connectivity index (χ1n) is 25.3. The topological polar surface area (TPSA) is 242 Å². The van der Waals surface area contributed by atoms with Crippen molar-refractivity contribution in [2.75, 3.05) is 18.5 Å². The lowest BCUT2D eigenvalue weighted by atomic mass is 9.90. The van der Waals surface area contributed by atoms with Gasteiger partial charge in [0.15, 0.2) is 0 Å². The lowest BCUT2D eigenvalue weighted by Gasteiger charge is -2.22. The molecule has 0 radical (unpaired) electrons. The second-order valence-corrected chi connectivity index (χ2v) is 18.7. The molecule has 6 aromatic carbocycles. The lowest BCUT2D eigenvalue weighted by Crippen LogP contribution is -2.54. The summed E-state index contributed by atoms with van der Waals surface area (Å²) in [7, 11) is 0. The van der Waals surface area contributed by atoms with Gasteiger partial charge in [-0.15, -0.1) is 5.10 Å². The van der Waals surface area contributed by atoms with Gasteiger partial charge in [-0.3, -0.25) is 14.4 Å². The maximum atomic E-state index is 14.1. The maximum Gasteiger partial charge on any atom is 0.408 e. The number of hydrogen-bond donors (Lipinski definition) is 6. The van der Waals surface area contributed by atoms with Crippen LogP contribution in [0.1, 0.15) is 108 Å². The number of aromatic nitrogens is 3. The normalized spacial score (nSPS) is 13.1. The molecule has 0 aliphatic heterocycles. The van der Waals surface area contributed by atoms with E-state index in [0.717, 1.165) is 10.4 Å². The zero-order chi connectivity index (χ0) is 53.9. The number of phenolic OH excluding ortho intramolecular Hbond substituents is 2. The standard InChI is InChI=1S/C58H61N7O11/c1-6-23-73-52-38-17-13-19-40(52)27-44-31-47(62-56(70)35(4)60-54(68)34(3)59-55(69)36(5)61-58(72)75-33-37-15-9-8-10-16-37)32-45(51(44)67)28-41-20-14-18-39(53(41)74-24-7-2)26-43-30-46(29-42(25-38)50(43)66)57(71)76-65-49-22-12-11-21-48(49)63-64-65/h8-22,29-32,34-36,66-67H,6-7,23-28,33H2,1-5H3,(H,59,69)(H,60,68)(H,61,72)(H,62,70)/t34-,35-,36-/m0/s1. The highest BCUT2D eigenvalue weighted by molar-refractivity contribution is 5.98. The van der Waals surface area contributed by atoms with E-state index in [-0.39, 0.29) is 49.4 Å². The van der Waals surface area contributed by atoms with Gasteiger partial charge in [0.25, 0.3) is 0 Å². The molecule has 0 fully saturated rings. The molecule has 18 heteroatoms. The van der Waals surface area contributed by atoms with Gasteiger partial charge in [0.1, 0.15) is 58.8 Å². The molecule has 0 saturated carbocycles. The Hall–Kier alpha value is -8.93. The number of carbonyl (C=O) groups excluding carboxylic acids is 5. The number of ether oxygens (including phenoxy) is 3. The minimum absolute atomic E-state index is 0.00551. The molecule has 1 aliphatic rings. The summed E-state index contributed by atoms with van der Waals surface area (Å²) >= 11 is 0. The molecule has 0 unspecified atom stereocenters. The van der Waals surface area contributed by atoms with Gasteiger partial charge in [0, 0.05) is 42.5 Å². The average Bonchev–Trinajstić information content (AvgIpc) is 3.83. The summed E-state index contributed by atoms with van der Waals surface area (Å²) in [5.74, 6) is -1.54. The molecule has 1 heterocycles. The van der Waals surface area contributed by atoms with Crippen LogP contribution >= 0.6 is 0 Å². The third kappa shape index (κ3) is 12.9. The molecule has 7 aromatic rings. The highest BCUT2D eigenvalue weighted by Gasteiger charge is 2.27. The summed E-state index contributed by atoms with van der Waals surface area (Å²) in [6, 6.07) is 30.7. The Morgan fingerprint density at radius 1 is 0.579 bits per heavy atom. The summed E-state index contributed by atoms with van der Waals surface area (Å²) < 4.78 is 18.2. The van der Waals surface area contributed by atoms with E-state index in [1.807, 2.05) is 74.5 Å². The first kappa shape index (κ1) is 53.4. The number of aromatic hydroxyl groups is 2. The Balaban J connectivity index is 1.07. The van der Waals surface area contributed by atoms with Crippen molar-refractivity contribution in [2.45, 2.75) is 97.9 Å². The number of nitrogens with one attached hydrogen (secondary N) is 4. The predicted molar refractivity (Wildman–Crippen MR) is 283 cm³/mol. The van der Waals surface area contributed by atoms with Crippen LogP contribution in [0.5, 0.6) is 23.0 Å². The van der Waals surface area contributed by atoms with Gasteiger partial charge in [-0.2, -0.15) is 0 Å². The van der Waals surface area contributed by atoms with Crippen LogP contribution in [0.15, 0.2) is 115 Å². The Morgan fingerprint density at radius 2 is 1.05 bits per heavy atom. The summed E-state index contributed by atoms with van der Waals surface area (Å²) in [5.41, 5.74) is 6.92. The smallest absolute Gasteiger partial charge is 0.408 e. The maximum absolute atomic E-state index is 14.1. The predicted octanol–water partition coefficient (Wildman–Crippen LogP) is 7.63. The number of para-hydroxylation sites is 3. The van der Waals surface area contributed by atoms with E-state index >= 15 is 0 Å². The van der Waals surface area contributed by atoms with Crippen molar-refractivity contribution in [3.05, 3.63) is 171 Å². The number of carbonyl (C=O) groups is 5. The van der Waals surface area contributed by atoms with E-state index in [1.54, 1.807) is 54.6 Å². The van der Waals surface area contributed by atoms with Crippen LogP contribution in [0, 0.1) is 0 Å². The fraction of sp³-hybridized carbons (Fsp3) is 0.293. The molecule has 8 rings (SSSR count). The van der Waals surface area contributed by atoms with E-state index in [2.05, 4.69) is 31.6 Å². The zero-order valence-corrected chi connectivity index (χ0v) is 43.0. The first-order chi connectivity index (χ1) is 36.7. The third-order valence-corrected chi connectivity index (χ3v) is 12.8. The number of nitrogens with zero attached hydrogens (tertiary/aromatic N) is 3. The number of phenols is 2. The van der Waals surface area contributed by atoms with Crippen molar-refractivity contribution in [1.29, 1.82) is 0 Å². The quantitative estimate of drug-likeness (QED) is 0.0380. The molecule has 76 heavy (non-hydrogen) atoms. The van der Waals surface area contributed by atoms with Crippen LogP contribution in [0.3, 0.4) is 0 Å². The molecular weight excluding hydrogens is 971 g/mol. The van der Waals surface area contributed by atoms with E-state index < -0.39 is 47.9 Å². The second-order valence-electron chi connectivity index (χ2n) is 18.7. The summed E-state index contributed by atoms with van der Waals surface area (Å²) in [4.78, 5) is 73.6. The highest BCUT2D eigenvalue weighted by atomic mass is 16.7. The molecule has 3 atom stereocenters. The summed E-state index contributed by atoms with van der Waals surface area (Å²) in [5, 5.41) is 43.1. The van der Waals surface area contributed by atoms with Gasteiger partial charge >= 0.3 is 12.1 Å². The van der Waals surface area contributed by atoms with Crippen LogP contribution < -0.4 is 35.6 Å². The number of hydrogen-bond acceptors (Lipinski definition) is 13. The second kappa shape index (κ2) is 24.4. The van der Waals surface area contributed by atoms with Gasteiger partial charge in [0.2, 0.25) is 17.7 Å². The molecule has 1 aromatic heterocycles. The Bertz CT molecular complexity index is 3160. The average molecular weight is 1030 g/mol. The van der Waals surface area contributed by atoms with Gasteiger partial charge in [-0.1, -0.05) is 97.6 Å². The number of rotatable bonds is 17. The monoisotopic (exact) mass is 1030 g/mol. The molecule has 0 saturated heterocycles. The number of benzene rings is 6. The highest BCUT2D eigenvalue weighted by Crippen LogP contribution is 2.40. The minimum Gasteiger partial charge on any atom is -0.507 e. The van der Waals surface area contributed by atoms with Crippen molar-refractivity contribution >= 4 is 46.5 Å². The molecule has 4 amide bonds. The molecule has 8 bridgehead atoms. The molecule has 0 spiro atoms. The molecule has 1 aliphatic carbocycles. The Morgan fingerprint density at radius 3 is 1.58 bits per heavy atom. The van der Waals surface area contributed by atoms with E-state index in [1.165, 1.54) is 20.8 Å². The third-order valence-electron chi connectivity index (χ3n) is 12.8. The number of fused-ring (bicyclic) bond motifs is 9. The van der Waals surface area contributed by atoms with Gasteiger partial charge < -0.3 is 50.5 Å². The van der Waals surface area contributed by atoms with Crippen molar-refractivity contribution in [2.24, 2.45) is 0 Å². The number of amides is 4. The van der Waals surface area contributed by atoms with Gasteiger partial charge in [-0.25, -0.2) is 9.59 Å². The van der Waals surface area contributed by atoms with Gasteiger partial charge in [-0.05, 0) is 114 Å². The number of anilines is 1. The summed E-state index contributed by atoms with van der Waals surface area (Å²) in [6.07, 6.45) is 1.12. The van der Waals surface area contributed by atoms with Crippen molar-refractivity contribution in [1.82, 2.24) is 31.1 Å². The van der Waals surface area contributed by atoms with Crippen LogP contribution in [0.4, 0.5) is 10.5 Å². The van der Waals surface area contributed by atoms with Crippen LogP contribution in [-0.2, 0) is 51.4 Å². The van der Waals surface area contributed by atoms with Crippen LogP contribution in [0.2, 0.25) is 0 Å². The van der Waals surface area contributed by atoms with Gasteiger partial charge in [0.05, 0.1) is 18.8 Å². The molecule has 6 N–H and O–H groups in total. The molecule has 394 valence electrons. The number of alkyl carbamates (subject to hydrolysis) is 1. The fourth-order valence-corrected chi connectivity index (χ4v) is 8.79. The fourth-order valence-electron chi connectivity index (χ4n) is 8.79. The largest absolute Gasteiger partial charge is 0.507 e. The lowest BCUT2D eigenvalue weighted by molar-refractivity contribution is -0.130. The molecule has 18 nitrogen and oxygen atoms in total. The van der Waals surface area contributed by atoms with Crippen LogP contribution in [0.25, 0.3) is 11.0 Å². The van der Waals surface area contributed by atoms with E-state index in [0.29, 0.717) is 98.8 Å². The summed E-state index contributed by atoms with van der Waals surface area (Å²) in [6.45, 7) is 9.10. The molecular formula is C58H61N7O11. The van der Waals surface area contributed by atoms with E-state index in [9.17, 15) is 34.2 Å². The van der Waals surface area contributed by atoms with Crippen LogP contribution in [-0.4, -0.2) is 86.5 Å². The van der Waals surface area contributed by atoms with Crippen molar-refractivity contribution < 1.29 is 53.2 Å². The zero-order valence-electron chi connectivity index (χ0n) is 43.0. The van der Waals surface area contributed by atoms with Crippen molar-refractivity contribution in [3.63, 3.8) is 0 Å².